The maximum absolute atomic E-state index is 2.37. The van der Waals surface area contributed by atoms with Crippen LogP contribution in [0.1, 0.15) is 32.3 Å². The molecule has 0 aliphatic heterocycles. The van der Waals surface area contributed by atoms with Gasteiger partial charge in [0.1, 0.15) is 0 Å². The molecule has 1 aliphatic rings. The van der Waals surface area contributed by atoms with E-state index in [0.29, 0.717) is 0 Å². The molecule has 0 saturated carbocycles. The fourth-order valence-corrected chi connectivity index (χ4v) is 1.86. The van der Waals surface area contributed by atoms with Gasteiger partial charge >= 0.3 is 18.9 Å². The van der Waals surface area contributed by atoms with Gasteiger partial charge in [0.2, 0.25) is 0 Å². The third-order valence-corrected chi connectivity index (χ3v) is 2.45. The summed E-state index contributed by atoms with van der Waals surface area (Å²) in [5.74, 6) is 0. The van der Waals surface area contributed by atoms with Crippen LogP contribution in [0.25, 0.3) is 5.57 Å². The molecular formula is C12H15Li. The summed E-state index contributed by atoms with van der Waals surface area (Å²) in [4.78, 5) is 0. The van der Waals surface area contributed by atoms with E-state index in [1.54, 1.807) is 5.57 Å². The zero-order valence-electron chi connectivity index (χ0n) is 9.51. The van der Waals surface area contributed by atoms with Gasteiger partial charge in [0.15, 0.2) is 0 Å². The normalized spacial score (nSPS) is 13.2. The first kappa shape index (κ1) is 10.6. The second kappa shape index (κ2) is 4.70. The molecule has 0 spiro atoms. The van der Waals surface area contributed by atoms with Crippen molar-refractivity contribution in [1.82, 2.24) is 0 Å². The van der Waals surface area contributed by atoms with Gasteiger partial charge in [0, 0.05) is 0 Å². The van der Waals surface area contributed by atoms with E-state index in [-0.39, 0.29) is 20.3 Å². The first-order valence-electron chi connectivity index (χ1n) is 4.69. The Kier molecular flexibility index (Phi) is 3.84. The average Bonchev–Trinajstić information content (AvgIpc) is 2.50. The van der Waals surface area contributed by atoms with Crippen LogP contribution in [-0.4, -0.2) is 0 Å². The van der Waals surface area contributed by atoms with E-state index in [0.717, 1.165) is 6.42 Å². The molecule has 1 aliphatic carbocycles. The van der Waals surface area contributed by atoms with Gasteiger partial charge in [0.25, 0.3) is 0 Å². The molecule has 0 radical (unpaired) electrons. The van der Waals surface area contributed by atoms with E-state index in [1.165, 1.54) is 24.0 Å². The molecule has 0 heterocycles. The van der Waals surface area contributed by atoms with Crippen molar-refractivity contribution < 1.29 is 20.3 Å². The molecule has 0 atom stereocenters. The average molecular weight is 166 g/mol. The molecule has 2 rings (SSSR count). The summed E-state index contributed by atoms with van der Waals surface area (Å²) in [6.07, 6.45) is 6.00. The number of benzene rings is 1. The van der Waals surface area contributed by atoms with Gasteiger partial charge in [0.05, 0.1) is 0 Å². The third kappa shape index (κ3) is 2.07. The quantitative estimate of drug-likeness (QED) is 0.563. The van der Waals surface area contributed by atoms with Crippen molar-refractivity contribution in [2.24, 2.45) is 0 Å². The molecule has 1 aromatic carbocycles. The standard InChI is InChI=1S/C12H14.Li.H/c1-2-5-10-8-9-11-6-3-4-7-12(10)11;;/h3-4,6-8H,2,5,9H2,1H3;;/q;+1;-1. The van der Waals surface area contributed by atoms with Crippen LogP contribution in [0.4, 0.5) is 0 Å². The molecule has 1 aromatic rings. The van der Waals surface area contributed by atoms with Gasteiger partial charge < -0.3 is 1.43 Å². The summed E-state index contributed by atoms with van der Waals surface area (Å²) in [5, 5.41) is 0. The van der Waals surface area contributed by atoms with Crippen molar-refractivity contribution in [2.75, 3.05) is 0 Å². The number of hydrogen-bond donors (Lipinski definition) is 0. The van der Waals surface area contributed by atoms with Crippen molar-refractivity contribution in [3.63, 3.8) is 0 Å². The Bertz CT molecular complexity index is 318. The molecule has 0 bridgehead atoms. The molecule has 13 heavy (non-hydrogen) atoms. The van der Waals surface area contributed by atoms with Crippen molar-refractivity contribution in [3.05, 3.63) is 41.5 Å². The predicted molar refractivity (Wildman–Crippen MR) is 54.1 cm³/mol. The molecule has 0 saturated heterocycles. The monoisotopic (exact) mass is 166 g/mol. The van der Waals surface area contributed by atoms with E-state index in [4.69, 9.17) is 0 Å². The van der Waals surface area contributed by atoms with Crippen molar-refractivity contribution in [1.29, 1.82) is 0 Å². The van der Waals surface area contributed by atoms with Gasteiger partial charge in [-0.2, -0.15) is 0 Å². The zero-order chi connectivity index (χ0) is 8.39. The molecular weight excluding hydrogens is 151 g/mol. The summed E-state index contributed by atoms with van der Waals surface area (Å²) < 4.78 is 0. The van der Waals surface area contributed by atoms with E-state index in [2.05, 4.69) is 37.3 Å². The largest absolute Gasteiger partial charge is 1.00 e. The van der Waals surface area contributed by atoms with Crippen molar-refractivity contribution in [3.8, 4) is 0 Å². The second-order valence-electron chi connectivity index (χ2n) is 3.34. The summed E-state index contributed by atoms with van der Waals surface area (Å²) in [6, 6.07) is 8.73. The Hall–Kier alpha value is -0.443. The molecule has 0 N–H and O–H groups in total. The third-order valence-electron chi connectivity index (χ3n) is 2.45. The summed E-state index contributed by atoms with van der Waals surface area (Å²) in [7, 11) is 0. The predicted octanol–water partition coefficient (Wildman–Crippen LogP) is 0.543. The second-order valence-corrected chi connectivity index (χ2v) is 3.34. The van der Waals surface area contributed by atoms with E-state index >= 15 is 0 Å². The van der Waals surface area contributed by atoms with Crippen LogP contribution in [0.5, 0.6) is 0 Å². The van der Waals surface area contributed by atoms with Gasteiger partial charge in [-0.25, -0.2) is 0 Å². The Balaban J connectivity index is 0.000000845. The molecule has 0 unspecified atom stereocenters. The van der Waals surface area contributed by atoms with Crippen LogP contribution >= 0.6 is 0 Å². The smallest absolute Gasteiger partial charge is 1.00 e. The Morgan fingerprint density at radius 3 is 2.85 bits per heavy atom. The van der Waals surface area contributed by atoms with E-state index < -0.39 is 0 Å². The Morgan fingerprint density at radius 1 is 1.31 bits per heavy atom. The fraction of sp³-hybridized carbons (Fsp3) is 0.333. The van der Waals surface area contributed by atoms with Crippen LogP contribution in [0.3, 0.4) is 0 Å². The van der Waals surface area contributed by atoms with Gasteiger partial charge in [-0.05, 0) is 29.5 Å². The first-order chi connectivity index (χ1) is 5.92. The maximum Gasteiger partial charge on any atom is 1.00 e. The summed E-state index contributed by atoms with van der Waals surface area (Å²) in [5.41, 5.74) is 4.54. The summed E-state index contributed by atoms with van der Waals surface area (Å²) >= 11 is 0. The van der Waals surface area contributed by atoms with Gasteiger partial charge in [-0.3, -0.25) is 0 Å². The van der Waals surface area contributed by atoms with Crippen LogP contribution in [0.15, 0.2) is 30.3 Å². The number of rotatable bonds is 2. The van der Waals surface area contributed by atoms with Crippen LogP contribution in [0.2, 0.25) is 0 Å². The first-order valence-corrected chi connectivity index (χ1v) is 4.69. The van der Waals surface area contributed by atoms with Gasteiger partial charge in [-0.1, -0.05) is 43.7 Å². The van der Waals surface area contributed by atoms with Crippen LogP contribution < -0.4 is 18.9 Å². The maximum atomic E-state index is 2.37. The molecule has 0 amide bonds. The van der Waals surface area contributed by atoms with Crippen molar-refractivity contribution >= 4 is 5.57 Å². The molecule has 64 valence electrons. The number of fused-ring (bicyclic) bond motifs is 1. The summed E-state index contributed by atoms with van der Waals surface area (Å²) in [6.45, 7) is 2.24. The molecule has 1 heteroatoms. The van der Waals surface area contributed by atoms with Crippen LogP contribution in [-0.2, 0) is 6.42 Å². The molecule has 0 fully saturated rings. The minimum Gasteiger partial charge on any atom is -1.00 e. The van der Waals surface area contributed by atoms with Crippen LogP contribution in [0, 0.1) is 0 Å². The SMILES string of the molecule is CCCC1=CCc2ccccc21.[H-].[Li+]. The number of allylic oxidation sites excluding steroid dienone is 2. The van der Waals surface area contributed by atoms with E-state index in [9.17, 15) is 0 Å². The fourth-order valence-electron chi connectivity index (χ4n) is 1.86. The zero-order valence-corrected chi connectivity index (χ0v) is 8.51. The molecule has 0 nitrogen and oxygen atoms in total. The minimum absolute atomic E-state index is 0. The van der Waals surface area contributed by atoms with E-state index in [1.807, 2.05) is 0 Å². The number of hydrogen-bond acceptors (Lipinski definition) is 0. The van der Waals surface area contributed by atoms with Crippen molar-refractivity contribution in [2.45, 2.75) is 26.2 Å². The van der Waals surface area contributed by atoms with Gasteiger partial charge in [-0.15, -0.1) is 0 Å². The Morgan fingerprint density at radius 2 is 2.08 bits per heavy atom. The topological polar surface area (TPSA) is 0 Å². The minimum atomic E-state index is 0. The Labute approximate surface area is 93.7 Å². The molecule has 0 aromatic heterocycles.